The highest BCUT2D eigenvalue weighted by Gasteiger charge is 2.31. The van der Waals surface area contributed by atoms with Crippen molar-refractivity contribution in [3.63, 3.8) is 0 Å². The van der Waals surface area contributed by atoms with E-state index in [9.17, 15) is 4.79 Å². The fraction of sp³-hybridized carbons (Fsp3) is 0.476. The van der Waals surface area contributed by atoms with Crippen LogP contribution in [0.2, 0.25) is 0 Å². The second-order valence-corrected chi connectivity index (χ2v) is 8.78. The van der Waals surface area contributed by atoms with Crippen LogP contribution in [0.3, 0.4) is 0 Å². The molecule has 1 unspecified atom stereocenters. The molecule has 2 aromatic heterocycles. The number of thiazole rings is 1. The number of hydrogen-bond acceptors (Lipinski definition) is 6. The number of anilines is 1. The van der Waals surface area contributed by atoms with Crippen molar-refractivity contribution in [1.82, 2.24) is 19.7 Å². The highest BCUT2D eigenvalue weighted by molar-refractivity contribution is 7.22. The van der Waals surface area contributed by atoms with E-state index in [1.165, 1.54) is 5.56 Å². The number of piperazine rings is 1. The van der Waals surface area contributed by atoms with Gasteiger partial charge in [-0.05, 0) is 44.4 Å². The predicted octanol–water partition coefficient (Wildman–Crippen LogP) is 2.93. The van der Waals surface area contributed by atoms with E-state index in [1.807, 2.05) is 22.6 Å². The van der Waals surface area contributed by atoms with E-state index < -0.39 is 0 Å². The van der Waals surface area contributed by atoms with Crippen LogP contribution in [0.4, 0.5) is 5.13 Å². The number of hydrogen-bond donors (Lipinski definition) is 0. The summed E-state index contributed by atoms with van der Waals surface area (Å²) < 4.78 is 8.62. The van der Waals surface area contributed by atoms with Crippen molar-refractivity contribution in [3.05, 3.63) is 35.5 Å². The van der Waals surface area contributed by atoms with Crippen LogP contribution in [0.1, 0.15) is 24.1 Å². The van der Waals surface area contributed by atoms with Gasteiger partial charge in [-0.1, -0.05) is 23.5 Å². The minimum atomic E-state index is -0.230. The van der Waals surface area contributed by atoms with Crippen molar-refractivity contribution in [2.45, 2.75) is 32.8 Å². The maximum atomic E-state index is 12.6. The molecule has 0 N–H and O–H groups in total. The van der Waals surface area contributed by atoms with Crippen molar-refractivity contribution in [2.75, 3.05) is 37.7 Å². The number of ether oxygens (including phenoxy) is 1. The SMILES string of the molecule is Cc1cccc(-n2nc(C)c3sc(N4CCN(C(=O)C5CCCO5)CC4)nc32)c1. The van der Waals surface area contributed by atoms with Gasteiger partial charge in [-0.15, -0.1) is 0 Å². The minimum Gasteiger partial charge on any atom is -0.368 e. The van der Waals surface area contributed by atoms with Gasteiger partial charge in [0.25, 0.3) is 5.91 Å². The van der Waals surface area contributed by atoms with Crippen LogP contribution in [0.15, 0.2) is 24.3 Å². The summed E-state index contributed by atoms with van der Waals surface area (Å²) in [6, 6.07) is 8.32. The maximum absolute atomic E-state index is 12.6. The number of benzene rings is 1. The molecule has 152 valence electrons. The zero-order chi connectivity index (χ0) is 20.0. The third kappa shape index (κ3) is 3.40. The van der Waals surface area contributed by atoms with Gasteiger partial charge in [0.05, 0.1) is 16.1 Å². The first kappa shape index (κ1) is 18.6. The Hall–Kier alpha value is -2.45. The third-order valence-electron chi connectivity index (χ3n) is 5.69. The quantitative estimate of drug-likeness (QED) is 0.663. The van der Waals surface area contributed by atoms with E-state index in [0.29, 0.717) is 6.61 Å². The molecule has 1 amide bonds. The number of aryl methyl sites for hydroxylation is 2. The summed E-state index contributed by atoms with van der Waals surface area (Å²) in [6.45, 7) is 7.86. The van der Waals surface area contributed by atoms with Crippen LogP contribution in [0.25, 0.3) is 16.0 Å². The number of fused-ring (bicyclic) bond motifs is 1. The summed E-state index contributed by atoms with van der Waals surface area (Å²) in [5.74, 6) is 0.150. The number of nitrogens with zero attached hydrogens (tertiary/aromatic N) is 5. The smallest absolute Gasteiger partial charge is 0.251 e. The van der Waals surface area contributed by atoms with Crippen LogP contribution in [0, 0.1) is 13.8 Å². The Bertz CT molecular complexity index is 1040. The molecule has 0 saturated carbocycles. The average Bonchev–Trinajstić information content (AvgIpc) is 3.46. The van der Waals surface area contributed by atoms with Crippen LogP contribution < -0.4 is 4.90 Å². The summed E-state index contributed by atoms with van der Waals surface area (Å²) in [7, 11) is 0. The summed E-state index contributed by atoms with van der Waals surface area (Å²) in [4.78, 5) is 21.7. The van der Waals surface area contributed by atoms with Gasteiger partial charge < -0.3 is 14.5 Å². The van der Waals surface area contributed by atoms with Crippen molar-refractivity contribution >= 4 is 32.7 Å². The number of aromatic nitrogens is 3. The van der Waals surface area contributed by atoms with Crippen molar-refractivity contribution in [3.8, 4) is 5.69 Å². The maximum Gasteiger partial charge on any atom is 0.251 e. The Labute approximate surface area is 173 Å². The van der Waals surface area contributed by atoms with Crippen LogP contribution in [-0.4, -0.2) is 64.5 Å². The summed E-state index contributed by atoms with van der Waals surface area (Å²) >= 11 is 1.69. The van der Waals surface area contributed by atoms with Gasteiger partial charge in [0.2, 0.25) is 0 Å². The number of carbonyl (C=O) groups is 1. The molecule has 0 bridgehead atoms. The molecule has 0 aliphatic carbocycles. The predicted molar refractivity (Wildman–Crippen MR) is 114 cm³/mol. The zero-order valence-corrected chi connectivity index (χ0v) is 17.6. The van der Waals surface area contributed by atoms with Gasteiger partial charge in [-0.25, -0.2) is 4.68 Å². The van der Waals surface area contributed by atoms with E-state index in [2.05, 4.69) is 30.0 Å². The number of amides is 1. The standard InChI is InChI=1S/C21H25N5O2S/c1-14-5-3-6-16(13-14)26-19-18(15(2)23-26)29-21(22-19)25-10-8-24(9-11-25)20(27)17-7-4-12-28-17/h3,5-6,13,17H,4,7-12H2,1-2H3. The summed E-state index contributed by atoms with van der Waals surface area (Å²) in [5, 5.41) is 5.71. The fourth-order valence-electron chi connectivity index (χ4n) is 4.09. The van der Waals surface area contributed by atoms with E-state index in [-0.39, 0.29) is 12.0 Å². The van der Waals surface area contributed by atoms with Crippen LogP contribution >= 0.6 is 11.3 Å². The Balaban J connectivity index is 1.35. The minimum absolute atomic E-state index is 0.150. The molecule has 2 saturated heterocycles. The zero-order valence-electron chi connectivity index (χ0n) is 16.8. The molecule has 2 aliphatic rings. The highest BCUT2D eigenvalue weighted by Crippen LogP contribution is 2.33. The van der Waals surface area contributed by atoms with E-state index in [1.54, 1.807) is 11.3 Å². The molecule has 29 heavy (non-hydrogen) atoms. The van der Waals surface area contributed by atoms with Gasteiger partial charge in [-0.2, -0.15) is 10.1 Å². The van der Waals surface area contributed by atoms with Crippen molar-refractivity contribution < 1.29 is 9.53 Å². The lowest BCUT2D eigenvalue weighted by molar-refractivity contribution is -0.141. The first-order valence-electron chi connectivity index (χ1n) is 10.2. The van der Waals surface area contributed by atoms with Crippen molar-refractivity contribution in [1.29, 1.82) is 0 Å². The lowest BCUT2D eigenvalue weighted by atomic mass is 10.2. The Morgan fingerprint density at radius 2 is 2.03 bits per heavy atom. The third-order valence-corrected chi connectivity index (χ3v) is 6.90. The lowest BCUT2D eigenvalue weighted by Crippen LogP contribution is -2.51. The molecule has 2 fully saturated rings. The molecule has 1 aromatic carbocycles. The Morgan fingerprint density at radius 1 is 1.21 bits per heavy atom. The van der Waals surface area contributed by atoms with Crippen LogP contribution in [0.5, 0.6) is 0 Å². The van der Waals surface area contributed by atoms with Crippen LogP contribution in [-0.2, 0) is 9.53 Å². The van der Waals surface area contributed by atoms with Gasteiger partial charge in [0.15, 0.2) is 10.8 Å². The normalized spacial score (nSPS) is 20.0. The second kappa shape index (κ2) is 7.42. The highest BCUT2D eigenvalue weighted by atomic mass is 32.1. The van der Waals surface area contributed by atoms with Gasteiger partial charge in [-0.3, -0.25) is 4.79 Å². The number of carbonyl (C=O) groups excluding carboxylic acids is 1. The van der Waals surface area contributed by atoms with E-state index in [4.69, 9.17) is 14.8 Å². The largest absolute Gasteiger partial charge is 0.368 e. The summed E-state index contributed by atoms with van der Waals surface area (Å²) in [6.07, 6.45) is 1.61. The van der Waals surface area contributed by atoms with E-state index >= 15 is 0 Å². The Morgan fingerprint density at radius 3 is 2.76 bits per heavy atom. The molecule has 7 nitrogen and oxygen atoms in total. The lowest BCUT2D eigenvalue weighted by Gasteiger charge is -2.35. The average molecular weight is 412 g/mol. The van der Waals surface area contributed by atoms with Gasteiger partial charge >= 0.3 is 0 Å². The molecule has 0 radical (unpaired) electrons. The molecule has 0 spiro atoms. The topological polar surface area (TPSA) is 63.5 Å². The first-order valence-corrected chi connectivity index (χ1v) is 11.0. The molecular weight excluding hydrogens is 386 g/mol. The monoisotopic (exact) mass is 411 g/mol. The molecule has 8 heteroatoms. The molecule has 5 rings (SSSR count). The first-order chi connectivity index (χ1) is 14.1. The van der Waals surface area contributed by atoms with Gasteiger partial charge in [0.1, 0.15) is 6.10 Å². The van der Waals surface area contributed by atoms with Gasteiger partial charge in [0, 0.05) is 32.8 Å². The second-order valence-electron chi connectivity index (χ2n) is 7.80. The molecule has 4 heterocycles. The molecule has 3 aromatic rings. The Kier molecular flexibility index (Phi) is 4.75. The number of rotatable bonds is 3. The molecular formula is C21H25N5O2S. The fourth-order valence-corrected chi connectivity index (χ4v) is 5.13. The van der Waals surface area contributed by atoms with Crippen molar-refractivity contribution in [2.24, 2.45) is 0 Å². The summed E-state index contributed by atoms with van der Waals surface area (Å²) in [5.41, 5.74) is 4.14. The molecule has 1 atom stereocenters. The molecule has 2 aliphatic heterocycles. The van der Waals surface area contributed by atoms with E-state index in [0.717, 1.165) is 65.9 Å².